The largest absolute Gasteiger partial charge is 0.379 e. The van der Waals surface area contributed by atoms with Gasteiger partial charge in [0.2, 0.25) is 5.91 Å². The number of carbonyl (C=O) groups excluding carboxylic acids is 1. The first-order valence-corrected chi connectivity index (χ1v) is 8.69. The van der Waals surface area contributed by atoms with E-state index in [2.05, 4.69) is 39.9 Å². The third kappa shape index (κ3) is 3.22. The van der Waals surface area contributed by atoms with E-state index in [4.69, 9.17) is 0 Å². The molecule has 0 aliphatic heterocycles. The van der Waals surface area contributed by atoms with E-state index in [1.165, 1.54) is 0 Å². The molecule has 0 atom stereocenters. The lowest BCUT2D eigenvalue weighted by atomic mass is 10.1. The summed E-state index contributed by atoms with van der Waals surface area (Å²) in [5.74, 6) is 0.339. The Bertz CT molecular complexity index is 940. The summed E-state index contributed by atoms with van der Waals surface area (Å²) in [6.07, 6.45) is 3.93. The van der Waals surface area contributed by atoms with Gasteiger partial charge in [-0.2, -0.15) is 0 Å². The molecule has 25 heavy (non-hydrogen) atoms. The lowest BCUT2D eigenvalue weighted by molar-refractivity contribution is -0.117. The molecule has 0 unspecified atom stereocenters. The fraction of sp³-hybridized carbons (Fsp3) is 0.300. The van der Waals surface area contributed by atoms with Gasteiger partial charge in [0, 0.05) is 23.0 Å². The van der Waals surface area contributed by atoms with Gasteiger partial charge in [0.15, 0.2) is 0 Å². The topological polar surface area (TPSA) is 58.4 Å². The van der Waals surface area contributed by atoms with Crippen LogP contribution in [0.2, 0.25) is 0 Å². The average molecular weight is 334 g/mol. The SMILES string of the molecule is Cc1ccc(NC(=O)C2CC2)cc1NCc1cnc2cccc(C)n12. The molecule has 4 rings (SSSR count). The Kier molecular flexibility index (Phi) is 3.92. The monoisotopic (exact) mass is 334 g/mol. The number of nitrogens with one attached hydrogen (secondary N) is 2. The predicted octanol–water partition coefficient (Wildman–Crippen LogP) is 3.91. The summed E-state index contributed by atoms with van der Waals surface area (Å²) in [6.45, 7) is 4.82. The smallest absolute Gasteiger partial charge is 0.227 e. The molecule has 1 fully saturated rings. The zero-order valence-electron chi connectivity index (χ0n) is 14.5. The molecule has 3 aromatic rings. The van der Waals surface area contributed by atoms with E-state index in [-0.39, 0.29) is 11.8 Å². The minimum Gasteiger partial charge on any atom is -0.379 e. The van der Waals surface area contributed by atoms with Gasteiger partial charge in [-0.1, -0.05) is 12.1 Å². The van der Waals surface area contributed by atoms with E-state index in [9.17, 15) is 4.79 Å². The third-order valence-electron chi connectivity index (χ3n) is 4.71. The van der Waals surface area contributed by atoms with Gasteiger partial charge in [-0.25, -0.2) is 4.98 Å². The van der Waals surface area contributed by atoms with Gasteiger partial charge in [0.1, 0.15) is 5.65 Å². The Balaban J connectivity index is 1.52. The number of hydrogen-bond donors (Lipinski definition) is 2. The lowest BCUT2D eigenvalue weighted by Gasteiger charge is -2.13. The average Bonchev–Trinajstić information content (AvgIpc) is 3.37. The summed E-state index contributed by atoms with van der Waals surface area (Å²) in [7, 11) is 0. The molecule has 0 spiro atoms. The number of nitrogens with zero attached hydrogens (tertiary/aromatic N) is 2. The first-order valence-electron chi connectivity index (χ1n) is 8.69. The summed E-state index contributed by atoms with van der Waals surface area (Å²) in [5, 5.41) is 6.49. The van der Waals surface area contributed by atoms with Crippen molar-refractivity contribution in [1.29, 1.82) is 0 Å². The molecule has 1 saturated carbocycles. The van der Waals surface area contributed by atoms with Crippen LogP contribution in [-0.2, 0) is 11.3 Å². The molecule has 2 aromatic heterocycles. The number of benzene rings is 1. The van der Waals surface area contributed by atoms with Crippen LogP contribution in [0.5, 0.6) is 0 Å². The van der Waals surface area contributed by atoms with Crippen LogP contribution in [0.3, 0.4) is 0 Å². The number of anilines is 2. The maximum absolute atomic E-state index is 12.0. The molecule has 1 aromatic carbocycles. The lowest BCUT2D eigenvalue weighted by Crippen LogP contribution is -2.13. The molecule has 5 heteroatoms. The highest BCUT2D eigenvalue weighted by molar-refractivity contribution is 5.94. The molecule has 1 aliphatic carbocycles. The van der Waals surface area contributed by atoms with E-state index in [0.29, 0.717) is 6.54 Å². The van der Waals surface area contributed by atoms with Crippen molar-refractivity contribution in [1.82, 2.24) is 9.38 Å². The Hall–Kier alpha value is -2.82. The van der Waals surface area contributed by atoms with Gasteiger partial charge in [0.05, 0.1) is 18.4 Å². The second kappa shape index (κ2) is 6.24. The highest BCUT2D eigenvalue weighted by Crippen LogP contribution is 2.31. The van der Waals surface area contributed by atoms with Crippen molar-refractivity contribution in [3.63, 3.8) is 0 Å². The molecule has 1 amide bonds. The maximum atomic E-state index is 12.0. The van der Waals surface area contributed by atoms with Crippen molar-refractivity contribution >= 4 is 22.9 Å². The molecule has 2 N–H and O–H groups in total. The highest BCUT2D eigenvalue weighted by Gasteiger charge is 2.29. The van der Waals surface area contributed by atoms with Crippen molar-refractivity contribution < 1.29 is 4.79 Å². The molecule has 128 valence electrons. The number of imidazole rings is 1. The van der Waals surface area contributed by atoms with E-state index < -0.39 is 0 Å². The minimum atomic E-state index is 0.132. The van der Waals surface area contributed by atoms with Gasteiger partial charge in [-0.05, 0) is 56.5 Å². The van der Waals surface area contributed by atoms with E-state index in [1.807, 2.05) is 36.5 Å². The number of hydrogen-bond acceptors (Lipinski definition) is 3. The van der Waals surface area contributed by atoms with Crippen LogP contribution in [-0.4, -0.2) is 15.3 Å². The normalized spacial score (nSPS) is 13.8. The number of pyridine rings is 1. The van der Waals surface area contributed by atoms with Crippen LogP contribution in [0.25, 0.3) is 5.65 Å². The van der Waals surface area contributed by atoms with Crippen LogP contribution < -0.4 is 10.6 Å². The molecule has 0 radical (unpaired) electrons. The van der Waals surface area contributed by atoms with Crippen molar-refractivity contribution in [2.75, 3.05) is 10.6 Å². The second-order valence-electron chi connectivity index (χ2n) is 6.76. The summed E-state index contributed by atoms with van der Waals surface area (Å²) < 4.78 is 2.15. The highest BCUT2D eigenvalue weighted by atomic mass is 16.2. The van der Waals surface area contributed by atoms with Gasteiger partial charge < -0.3 is 10.6 Å². The molecular formula is C20H22N4O. The van der Waals surface area contributed by atoms with Crippen LogP contribution in [0, 0.1) is 19.8 Å². The van der Waals surface area contributed by atoms with Crippen LogP contribution in [0.1, 0.15) is 29.8 Å². The number of carbonyl (C=O) groups is 1. The number of fused-ring (bicyclic) bond motifs is 1. The van der Waals surface area contributed by atoms with E-state index in [1.54, 1.807) is 0 Å². The van der Waals surface area contributed by atoms with Gasteiger partial charge in [-0.15, -0.1) is 0 Å². The fourth-order valence-electron chi connectivity index (χ4n) is 3.07. The Labute approximate surface area is 147 Å². The van der Waals surface area contributed by atoms with Crippen LogP contribution >= 0.6 is 0 Å². The standard InChI is InChI=1S/C20H22N4O/c1-13-6-9-16(23-20(25)15-7-8-15)10-18(13)21-11-17-12-22-19-5-3-4-14(2)24(17)19/h3-6,9-10,12,15,21H,7-8,11H2,1-2H3,(H,23,25). The van der Waals surface area contributed by atoms with Crippen molar-refractivity contribution in [2.24, 2.45) is 5.92 Å². The number of amides is 1. The zero-order chi connectivity index (χ0) is 17.4. The van der Waals surface area contributed by atoms with Crippen LogP contribution in [0.15, 0.2) is 42.6 Å². The zero-order valence-corrected chi connectivity index (χ0v) is 14.5. The number of aryl methyl sites for hydroxylation is 2. The first kappa shape index (κ1) is 15.7. The third-order valence-corrected chi connectivity index (χ3v) is 4.71. The van der Waals surface area contributed by atoms with Gasteiger partial charge in [-0.3, -0.25) is 9.20 Å². The van der Waals surface area contributed by atoms with Crippen molar-refractivity contribution in [2.45, 2.75) is 33.2 Å². The second-order valence-corrected chi connectivity index (χ2v) is 6.76. The molecular weight excluding hydrogens is 312 g/mol. The Morgan fingerprint density at radius 2 is 2.08 bits per heavy atom. The summed E-state index contributed by atoms with van der Waals surface area (Å²) in [5.41, 5.74) is 6.25. The summed E-state index contributed by atoms with van der Waals surface area (Å²) in [4.78, 5) is 16.4. The fourth-order valence-corrected chi connectivity index (χ4v) is 3.07. The van der Waals surface area contributed by atoms with E-state index >= 15 is 0 Å². The molecule has 5 nitrogen and oxygen atoms in total. The molecule has 2 heterocycles. The molecule has 0 saturated heterocycles. The Morgan fingerprint density at radius 1 is 1.24 bits per heavy atom. The summed E-state index contributed by atoms with van der Waals surface area (Å²) in [6, 6.07) is 12.1. The first-order chi connectivity index (χ1) is 12.1. The summed E-state index contributed by atoms with van der Waals surface area (Å²) >= 11 is 0. The van der Waals surface area contributed by atoms with E-state index in [0.717, 1.165) is 46.8 Å². The number of rotatable bonds is 5. The van der Waals surface area contributed by atoms with Crippen LogP contribution in [0.4, 0.5) is 11.4 Å². The van der Waals surface area contributed by atoms with Crippen molar-refractivity contribution in [3.8, 4) is 0 Å². The minimum absolute atomic E-state index is 0.132. The number of aromatic nitrogens is 2. The van der Waals surface area contributed by atoms with Crippen molar-refractivity contribution in [3.05, 3.63) is 59.5 Å². The molecule has 1 aliphatic rings. The Morgan fingerprint density at radius 3 is 2.88 bits per heavy atom. The van der Waals surface area contributed by atoms with Gasteiger partial charge in [0.25, 0.3) is 0 Å². The maximum Gasteiger partial charge on any atom is 0.227 e. The molecule has 0 bridgehead atoms. The van der Waals surface area contributed by atoms with Gasteiger partial charge >= 0.3 is 0 Å². The quantitative estimate of drug-likeness (QED) is 0.744. The predicted molar refractivity (Wildman–Crippen MR) is 99.8 cm³/mol.